The maximum Gasteiger partial charge on any atom is 0.297 e. The molecule has 4 nitrogen and oxygen atoms in total. The summed E-state index contributed by atoms with van der Waals surface area (Å²) in [4.78, 5) is 6.47. The van der Waals surface area contributed by atoms with Gasteiger partial charge in [0.1, 0.15) is 6.26 Å². The van der Waals surface area contributed by atoms with Crippen molar-refractivity contribution in [3.05, 3.63) is 12.0 Å². The number of aromatic nitrogens is 1. The van der Waals surface area contributed by atoms with E-state index in [1.807, 2.05) is 0 Å². The Bertz CT molecular complexity index is 316. The maximum absolute atomic E-state index is 5.68. The Hall–Kier alpha value is -0.740. The van der Waals surface area contributed by atoms with Crippen LogP contribution in [0.4, 0.5) is 6.01 Å². The monoisotopic (exact) mass is 230 g/mol. The van der Waals surface area contributed by atoms with Gasteiger partial charge in [0.05, 0.1) is 30.8 Å². The highest BCUT2D eigenvalue weighted by Gasteiger charge is 2.25. The van der Waals surface area contributed by atoms with Crippen LogP contribution in [0.3, 0.4) is 0 Å². The van der Waals surface area contributed by atoms with Gasteiger partial charge in [-0.05, 0) is 6.42 Å². The summed E-state index contributed by atoms with van der Waals surface area (Å²) in [6, 6.07) is 1.03. The first-order valence-corrected chi connectivity index (χ1v) is 5.73. The zero-order valence-corrected chi connectivity index (χ0v) is 9.54. The number of morpholine rings is 1. The van der Waals surface area contributed by atoms with E-state index in [0.29, 0.717) is 17.9 Å². The van der Waals surface area contributed by atoms with Gasteiger partial charge in [0.25, 0.3) is 6.01 Å². The highest BCUT2D eigenvalue weighted by Crippen LogP contribution is 2.21. The molecule has 0 N–H and O–H groups in total. The Labute approximate surface area is 94.2 Å². The largest absolute Gasteiger partial charge is 0.432 e. The smallest absolute Gasteiger partial charge is 0.297 e. The summed E-state index contributed by atoms with van der Waals surface area (Å²) in [6.07, 6.45) is 2.64. The zero-order valence-electron chi connectivity index (χ0n) is 8.78. The number of alkyl halides is 1. The molecule has 1 aliphatic rings. The van der Waals surface area contributed by atoms with Crippen LogP contribution in [0.5, 0.6) is 0 Å². The fourth-order valence-corrected chi connectivity index (χ4v) is 1.86. The standard InChI is InChI=1S/C10H15ClN2O2/c1-2-9-7-14-4-3-13(9)10-12-8(5-11)6-15-10/h6,9H,2-5,7H2,1H3. The molecular weight excluding hydrogens is 216 g/mol. The van der Waals surface area contributed by atoms with Crippen molar-refractivity contribution >= 4 is 17.6 Å². The van der Waals surface area contributed by atoms with E-state index in [-0.39, 0.29) is 0 Å². The second kappa shape index (κ2) is 4.86. The van der Waals surface area contributed by atoms with E-state index < -0.39 is 0 Å². The van der Waals surface area contributed by atoms with E-state index in [1.165, 1.54) is 0 Å². The molecule has 5 heteroatoms. The van der Waals surface area contributed by atoms with Crippen LogP contribution in [-0.2, 0) is 10.6 Å². The van der Waals surface area contributed by atoms with Gasteiger partial charge in [-0.2, -0.15) is 4.98 Å². The van der Waals surface area contributed by atoms with Crippen LogP contribution in [0.1, 0.15) is 19.0 Å². The molecule has 1 atom stereocenters. The number of hydrogen-bond donors (Lipinski definition) is 0. The van der Waals surface area contributed by atoms with E-state index in [4.69, 9.17) is 20.8 Å². The molecule has 0 amide bonds. The molecule has 2 rings (SSSR count). The fraction of sp³-hybridized carbons (Fsp3) is 0.700. The summed E-state index contributed by atoms with van der Waals surface area (Å²) >= 11 is 5.68. The van der Waals surface area contributed by atoms with Gasteiger partial charge < -0.3 is 14.1 Å². The molecule has 1 saturated heterocycles. The molecule has 1 aromatic heterocycles. The molecule has 1 aromatic rings. The Morgan fingerprint density at radius 2 is 2.53 bits per heavy atom. The molecular formula is C10H15ClN2O2. The third kappa shape index (κ3) is 2.26. The first kappa shape index (κ1) is 10.8. The van der Waals surface area contributed by atoms with Crippen LogP contribution in [0, 0.1) is 0 Å². The maximum atomic E-state index is 5.68. The van der Waals surface area contributed by atoms with Crippen LogP contribution in [0.25, 0.3) is 0 Å². The molecule has 1 unspecified atom stereocenters. The Kier molecular flexibility index (Phi) is 3.49. The van der Waals surface area contributed by atoms with Gasteiger partial charge in [0.15, 0.2) is 0 Å². The van der Waals surface area contributed by atoms with Crippen LogP contribution < -0.4 is 4.90 Å². The predicted octanol–water partition coefficient (Wildman–Crippen LogP) is 2.03. The lowest BCUT2D eigenvalue weighted by Crippen LogP contribution is -2.45. The third-order valence-corrected chi connectivity index (χ3v) is 2.89. The highest BCUT2D eigenvalue weighted by atomic mass is 35.5. The lowest BCUT2D eigenvalue weighted by molar-refractivity contribution is 0.0901. The van der Waals surface area contributed by atoms with Gasteiger partial charge >= 0.3 is 0 Å². The first-order valence-electron chi connectivity index (χ1n) is 5.20. The summed E-state index contributed by atoms with van der Waals surface area (Å²) in [7, 11) is 0. The Balaban J connectivity index is 2.12. The molecule has 0 aliphatic carbocycles. The van der Waals surface area contributed by atoms with Crippen LogP contribution in [0.15, 0.2) is 10.7 Å². The van der Waals surface area contributed by atoms with E-state index >= 15 is 0 Å². The van der Waals surface area contributed by atoms with Crippen molar-refractivity contribution in [3.8, 4) is 0 Å². The summed E-state index contributed by atoms with van der Waals surface area (Å²) in [5, 5.41) is 0. The van der Waals surface area contributed by atoms with Crippen LogP contribution in [-0.4, -0.2) is 30.8 Å². The second-order valence-electron chi connectivity index (χ2n) is 3.59. The lowest BCUT2D eigenvalue weighted by atomic mass is 10.2. The molecule has 84 valence electrons. The van der Waals surface area contributed by atoms with E-state index in [2.05, 4.69) is 16.8 Å². The first-order chi connectivity index (χ1) is 7.35. The number of ether oxygens (including phenoxy) is 1. The minimum Gasteiger partial charge on any atom is -0.432 e. The zero-order chi connectivity index (χ0) is 10.7. The molecule has 2 heterocycles. The SMILES string of the molecule is CCC1COCCN1c1nc(CCl)co1. The second-order valence-corrected chi connectivity index (χ2v) is 3.85. The van der Waals surface area contributed by atoms with Gasteiger partial charge in [0.2, 0.25) is 0 Å². The molecule has 0 bridgehead atoms. The van der Waals surface area contributed by atoms with Gasteiger partial charge in [-0.15, -0.1) is 11.6 Å². The van der Waals surface area contributed by atoms with Gasteiger partial charge in [-0.25, -0.2) is 0 Å². The minimum atomic E-state index is 0.362. The van der Waals surface area contributed by atoms with Crippen molar-refractivity contribution in [2.75, 3.05) is 24.7 Å². The van der Waals surface area contributed by atoms with Crippen LogP contribution >= 0.6 is 11.6 Å². The Morgan fingerprint density at radius 1 is 1.67 bits per heavy atom. The summed E-state index contributed by atoms with van der Waals surface area (Å²) in [6.45, 7) is 4.45. The number of halogens is 1. The average Bonchev–Trinajstić information content (AvgIpc) is 2.77. The van der Waals surface area contributed by atoms with Crippen molar-refractivity contribution in [3.63, 3.8) is 0 Å². The molecule has 0 aromatic carbocycles. The topological polar surface area (TPSA) is 38.5 Å². The molecule has 1 aliphatic heterocycles. The third-order valence-electron chi connectivity index (χ3n) is 2.62. The number of nitrogens with zero attached hydrogens (tertiary/aromatic N) is 2. The van der Waals surface area contributed by atoms with E-state index in [0.717, 1.165) is 31.9 Å². The number of anilines is 1. The van der Waals surface area contributed by atoms with Crippen molar-refractivity contribution in [2.24, 2.45) is 0 Å². The van der Waals surface area contributed by atoms with Crippen molar-refractivity contribution in [2.45, 2.75) is 25.3 Å². The van der Waals surface area contributed by atoms with Gasteiger partial charge in [-0.3, -0.25) is 0 Å². The summed E-state index contributed by atoms with van der Waals surface area (Å²) in [5.41, 5.74) is 0.785. The number of hydrogen-bond acceptors (Lipinski definition) is 4. The molecule has 1 fully saturated rings. The van der Waals surface area contributed by atoms with E-state index in [1.54, 1.807) is 6.26 Å². The van der Waals surface area contributed by atoms with Gasteiger partial charge in [0, 0.05) is 6.54 Å². The highest BCUT2D eigenvalue weighted by molar-refractivity contribution is 6.16. The number of rotatable bonds is 3. The summed E-state index contributed by atoms with van der Waals surface area (Å²) in [5.74, 6) is 0.393. The normalized spacial score (nSPS) is 22.0. The van der Waals surface area contributed by atoms with Crippen molar-refractivity contribution < 1.29 is 9.15 Å². The molecule has 15 heavy (non-hydrogen) atoms. The minimum absolute atomic E-state index is 0.362. The van der Waals surface area contributed by atoms with Crippen LogP contribution in [0.2, 0.25) is 0 Å². The van der Waals surface area contributed by atoms with Crippen molar-refractivity contribution in [1.82, 2.24) is 4.98 Å². The molecule has 0 radical (unpaired) electrons. The molecule has 0 spiro atoms. The predicted molar refractivity (Wildman–Crippen MR) is 58.3 cm³/mol. The quantitative estimate of drug-likeness (QED) is 0.745. The number of oxazole rings is 1. The fourth-order valence-electron chi connectivity index (χ4n) is 1.73. The Morgan fingerprint density at radius 3 is 3.20 bits per heavy atom. The average molecular weight is 231 g/mol. The lowest BCUT2D eigenvalue weighted by Gasteiger charge is -2.33. The van der Waals surface area contributed by atoms with E-state index in [9.17, 15) is 0 Å². The van der Waals surface area contributed by atoms with Crippen molar-refractivity contribution in [1.29, 1.82) is 0 Å². The summed E-state index contributed by atoms with van der Waals surface area (Å²) < 4.78 is 10.8. The van der Waals surface area contributed by atoms with Gasteiger partial charge in [-0.1, -0.05) is 6.92 Å². The molecule has 0 saturated carbocycles.